The average Bonchev–Trinajstić information content (AvgIpc) is 2.45. The van der Waals surface area contributed by atoms with Gasteiger partial charge in [0.15, 0.2) is 0 Å². The number of H-pyrrole nitrogens is 1. The summed E-state index contributed by atoms with van der Waals surface area (Å²) < 4.78 is 0. The molecule has 0 spiro atoms. The van der Waals surface area contributed by atoms with Crippen molar-refractivity contribution in [2.75, 3.05) is 6.54 Å². The molecule has 1 amide bonds. The van der Waals surface area contributed by atoms with Crippen LogP contribution in [-0.2, 0) is 0 Å². The minimum absolute atomic E-state index is 0.0378. The minimum Gasteiger partial charge on any atom is -0.387 e. The molecule has 0 aliphatic carbocycles. The quantitative estimate of drug-likeness (QED) is 0.780. The van der Waals surface area contributed by atoms with Crippen LogP contribution in [0.25, 0.3) is 0 Å². The molecule has 0 fully saturated rings. The number of hydrogen-bond donors (Lipinski definition) is 3. The van der Waals surface area contributed by atoms with Gasteiger partial charge in [-0.2, -0.15) is 0 Å². The Labute approximate surface area is 116 Å². The van der Waals surface area contributed by atoms with Gasteiger partial charge in [-0.3, -0.25) is 9.59 Å². The molecule has 5 nitrogen and oxygen atoms in total. The van der Waals surface area contributed by atoms with E-state index in [0.29, 0.717) is 11.3 Å². The number of aliphatic hydroxyl groups is 1. The van der Waals surface area contributed by atoms with E-state index in [1.807, 2.05) is 18.2 Å². The van der Waals surface area contributed by atoms with Gasteiger partial charge in [-0.15, -0.1) is 0 Å². The number of pyridine rings is 1. The molecule has 0 saturated heterocycles. The van der Waals surface area contributed by atoms with E-state index < -0.39 is 17.6 Å². The van der Waals surface area contributed by atoms with E-state index in [0.717, 1.165) is 0 Å². The van der Waals surface area contributed by atoms with Gasteiger partial charge in [0.05, 0.1) is 6.10 Å². The van der Waals surface area contributed by atoms with Crippen LogP contribution in [-0.4, -0.2) is 22.5 Å². The van der Waals surface area contributed by atoms with Crippen LogP contribution in [0.1, 0.15) is 27.7 Å². The fourth-order valence-electron chi connectivity index (χ4n) is 1.83. The number of carbonyl (C=O) groups is 1. The molecule has 2 aromatic rings. The van der Waals surface area contributed by atoms with E-state index in [1.165, 1.54) is 6.07 Å². The number of rotatable bonds is 4. The fourth-order valence-corrected chi connectivity index (χ4v) is 1.83. The lowest BCUT2D eigenvalue weighted by molar-refractivity contribution is 0.0915. The summed E-state index contributed by atoms with van der Waals surface area (Å²) in [6, 6.07) is 12.1. The maximum atomic E-state index is 11.9. The fraction of sp³-hybridized carbons (Fsp3) is 0.200. The smallest absolute Gasteiger partial charge is 0.260 e. The van der Waals surface area contributed by atoms with Crippen molar-refractivity contribution >= 4 is 5.91 Å². The monoisotopic (exact) mass is 272 g/mol. The van der Waals surface area contributed by atoms with Gasteiger partial charge < -0.3 is 15.4 Å². The lowest BCUT2D eigenvalue weighted by atomic mass is 10.1. The number of carbonyl (C=O) groups excluding carboxylic acids is 1. The Kier molecular flexibility index (Phi) is 4.32. The van der Waals surface area contributed by atoms with Crippen molar-refractivity contribution in [3.8, 4) is 0 Å². The van der Waals surface area contributed by atoms with Crippen LogP contribution in [0.4, 0.5) is 0 Å². The second kappa shape index (κ2) is 6.16. The molecule has 0 aliphatic heterocycles. The number of aromatic nitrogens is 1. The van der Waals surface area contributed by atoms with Gasteiger partial charge in [0.1, 0.15) is 5.56 Å². The van der Waals surface area contributed by atoms with Crippen LogP contribution in [0.2, 0.25) is 0 Å². The van der Waals surface area contributed by atoms with E-state index in [-0.39, 0.29) is 12.1 Å². The summed E-state index contributed by atoms with van der Waals surface area (Å²) in [6.07, 6.45) is -0.801. The van der Waals surface area contributed by atoms with Gasteiger partial charge in [0.2, 0.25) is 0 Å². The number of aromatic amines is 1. The molecule has 0 radical (unpaired) electrons. The van der Waals surface area contributed by atoms with E-state index in [1.54, 1.807) is 25.1 Å². The molecular formula is C15H16N2O3. The van der Waals surface area contributed by atoms with Crippen molar-refractivity contribution in [2.24, 2.45) is 0 Å². The molecule has 104 valence electrons. The van der Waals surface area contributed by atoms with Crippen LogP contribution in [0.15, 0.2) is 47.3 Å². The zero-order chi connectivity index (χ0) is 14.5. The van der Waals surface area contributed by atoms with Gasteiger partial charge >= 0.3 is 0 Å². The maximum absolute atomic E-state index is 11.9. The molecule has 3 N–H and O–H groups in total. The first-order valence-corrected chi connectivity index (χ1v) is 6.29. The Morgan fingerprint density at radius 3 is 2.60 bits per heavy atom. The molecule has 1 aromatic carbocycles. The Morgan fingerprint density at radius 2 is 1.95 bits per heavy atom. The molecule has 0 aliphatic rings. The number of nitrogens with one attached hydrogen (secondary N) is 2. The highest BCUT2D eigenvalue weighted by molar-refractivity contribution is 5.93. The lowest BCUT2D eigenvalue weighted by Gasteiger charge is -2.12. The third kappa shape index (κ3) is 3.33. The van der Waals surface area contributed by atoms with Crippen molar-refractivity contribution in [2.45, 2.75) is 13.0 Å². The number of aliphatic hydroxyl groups excluding tert-OH is 1. The highest BCUT2D eigenvalue weighted by atomic mass is 16.3. The summed E-state index contributed by atoms with van der Waals surface area (Å²) in [4.78, 5) is 26.0. The Morgan fingerprint density at radius 1 is 1.25 bits per heavy atom. The van der Waals surface area contributed by atoms with Crippen LogP contribution >= 0.6 is 0 Å². The van der Waals surface area contributed by atoms with Gasteiger partial charge in [0, 0.05) is 12.2 Å². The number of aryl methyl sites for hydroxylation is 1. The lowest BCUT2D eigenvalue weighted by Crippen LogP contribution is -2.32. The molecule has 20 heavy (non-hydrogen) atoms. The van der Waals surface area contributed by atoms with Crippen molar-refractivity contribution in [1.82, 2.24) is 10.3 Å². The summed E-state index contributed by atoms with van der Waals surface area (Å²) in [5, 5.41) is 12.5. The van der Waals surface area contributed by atoms with Gasteiger partial charge in [0.25, 0.3) is 11.5 Å². The van der Waals surface area contributed by atoms with Crippen molar-refractivity contribution in [3.05, 3.63) is 69.6 Å². The average molecular weight is 272 g/mol. The highest BCUT2D eigenvalue weighted by Gasteiger charge is 2.13. The van der Waals surface area contributed by atoms with Crippen LogP contribution in [0.3, 0.4) is 0 Å². The second-order valence-electron chi connectivity index (χ2n) is 4.52. The van der Waals surface area contributed by atoms with E-state index in [4.69, 9.17) is 0 Å². The predicted octanol–water partition coefficient (Wildman–Crippen LogP) is 1.15. The van der Waals surface area contributed by atoms with Gasteiger partial charge in [-0.05, 0) is 24.6 Å². The molecule has 0 saturated carbocycles. The highest BCUT2D eigenvalue weighted by Crippen LogP contribution is 2.10. The summed E-state index contributed by atoms with van der Waals surface area (Å²) in [5.41, 5.74) is 1.01. The third-order valence-corrected chi connectivity index (χ3v) is 2.94. The van der Waals surface area contributed by atoms with Crippen LogP contribution in [0.5, 0.6) is 0 Å². The van der Waals surface area contributed by atoms with Crippen molar-refractivity contribution < 1.29 is 9.90 Å². The summed E-state index contributed by atoms with van der Waals surface area (Å²) in [6.45, 7) is 1.79. The van der Waals surface area contributed by atoms with E-state index in [2.05, 4.69) is 10.3 Å². The molecule has 1 aromatic heterocycles. The molecule has 5 heteroatoms. The normalized spacial score (nSPS) is 11.9. The SMILES string of the molecule is Cc1ccc(C(=O)NC[C@H](O)c2ccccc2)c(=O)[nH]1. The number of hydrogen-bond acceptors (Lipinski definition) is 3. The Hall–Kier alpha value is -2.40. The summed E-state index contributed by atoms with van der Waals surface area (Å²) >= 11 is 0. The topological polar surface area (TPSA) is 82.2 Å². The zero-order valence-corrected chi connectivity index (χ0v) is 11.1. The Bertz CT molecular complexity index is 650. The molecule has 1 heterocycles. The first-order chi connectivity index (χ1) is 9.58. The molecule has 2 rings (SSSR count). The second-order valence-corrected chi connectivity index (χ2v) is 4.52. The molecule has 0 bridgehead atoms. The van der Waals surface area contributed by atoms with Crippen molar-refractivity contribution in [3.63, 3.8) is 0 Å². The molecular weight excluding hydrogens is 256 g/mol. The van der Waals surface area contributed by atoms with Crippen molar-refractivity contribution in [1.29, 1.82) is 0 Å². The van der Waals surface area contributed by atoms with Gasteiger partial charge in [-0.1, -0.05) is 30.3 Å². The summed E-state index contributed by atoms with van der Waals surface area (Å²) in [7, 11) is 0. The molecule has 0 unspecified atom stereocenters. The third-order valence-electron chi connectivity index (χ3n) is 2.94. The first-order valence-electron chi connectivity index (χ1n) is 6.29. The van der Waals surface area contributed by atoms with E-state index in [9.17, 15) is 14.7 Å². The van der Waals surface area contributed by atoms with Crippen LogP contribution < -0.4 is 10.9 Å². The minimum atomic E-state index is -0.801. The Balaban J connectivity index is 2.00. The predicted molar refractivity (Wildman–Crippen MR) is 75.5 cm³/mol. The number of benzene rings is 1. The largest absolute Gasteiger partial charge is 0.387 e. The standard InChI is InChI=1S/C15H16N2O3/c1-10-7-8-12(15(20)17-10)14(19)16-9-13(18)11-5-3-2-4-6-11/h2-8,13,18H,9H2,1H3,(H,16,19)(H,17,20)/t13-/m0/s1. The first kappa shape index (κ1) is 14.0. The molecule has 1 atom stereocenters. The van der Waals surface area contributed by atoms with Crippen LogP contribution in [0, 0.1) is 6.92 Å². The zero-order valence-electron chi connectivity index (χ0n) is 11.1. The number of amides is 1. The van der Waals surface area contributed by atoms with E-state index >= 15 is 0 Å². The summed E-state index contributed by atoms with van der Waals surface area (Å²) in [5.74, 6) is -0.499. The maximum Gasteiger partial charge on any atom is 0.260 e. The van der Waals surface area contributed by atoms with Gasteiger partial charge in [-0.25, -0.2) is 0 Å².